The van der Waals surface area contributed by atoms with Crippen LogP contribution in [0.4, 0.5) is 0 Å². The molecule has 1 aromatic heterocycles. The largest absolute Gasteiger partial charge is 0.252 e. The molecule has 1 nitrogen and oxygen atoms in total. The fourth-order valence-electron chi connectivity index (χ4n) is 1.12. The summed E-state index contributed by atoms with van der Waals surface area (Å²) in [4.78, 5) is 1.14. The average Bonchev–Trinajstić information content (AvgIpc) is 2.46. The molecule has 2 heteroatoms. The highest BCUT2D eigenvalue weighted by molar-refractivity contribution is 7.19. The lowest BCUT2D eigenvalue weighted by Gasteiger charge is -1.82. The van der Waals surface area contributed by atoms with Gasteiger partial charge in [0.15, 0.2) is 0 Å². The zero-order valence-corrected chi connectivity index (χ0v) is 6.82. The van der Waals surface area contributed by atoms with E-state index in [-0.39, 0.29) is 0 Å². The minimum atomic E-state index is 0.402. The molecule has 1 N–H and O–H groups in total. The Hall–Kier alpha value is -0.860. The number of hydrogen-bond acceptors (Lipinski definition) is 1. The second kappa shape index (κ2) is 2.64. The van der Waals surface area contributed by atoms with Gasteiger partial charge in [-0.15, -0.1) is 11.3 Å². The summed E-state index contributed by atoms with van der Waals surface area (Å²) >= 11 is 1.71. The number of rotatable bonds is 1. The molecule has 0 saturated carbocycles. The first-order valence-electron chi connectivity index (χ1n) is 3.52. The van der Waals surface area contributed by atoms with Crippen LogP contribution >= 0.6 is 11.3 Å². The normalized spacial score (nSPS) is 10.6. The van der Waals surface area contributed by atoms with E-state index in [2.05, 4.69) is 18.2 Å². The van der Waals surface area contributed by atoms with Gasteiger partial charge in [-0.2, -0.15) is 0 Å². The van der Waals surface area contributed by atoms with Gasteiger partial charge in [-0.05, 0) is 17.5 Å². The molecule has 55 valence electrons. The van der Waals surface area contributed by atoms with Gasteiger partial charge in [0.05, 0.1) is 0 Å². The highest BCUT2D eigenvalue weighted by Gasteiger charge is 1.97. The first-order valence-corrected chi connectivity index (χ1v) is 4.34. The van der Waals surface area contributed by atoms with Crippen molar-refractivity contribution >= 4 is 21.4 Å². The van der Waals surface area contributed by atoms with Crippen molar-refractivity contribution in [1.82, 2.24) is 5.73 Å². The molecular weight excluding hydrogens is 154 g/mol. The number of fused-ring (bicyclic) bond motifs is 1. The van der Waals surface area contributed by atoms with Crippen LogP contribution in [0.15, 0.2) is 30.3 Å². The van der Waals surface area contributed by atoms with Gasteiger partial charge in [0.1, 0.15) is 0 Å². The van der Waals surface area contributed by atoms with Gasteiger partial charge >= 0.3 is 0 Å². The van der Waals surface area contributed by atoms with Crippen molar-refractivity contribution in [3.63, 3.8) is 0 Å². The number of hydrogen-bond donors (Lipinski definition) is 0. The molecule has 0 amide bonds. The Morgan fingerprint density at radius 3 is 2.82 bits per heavy atom. The van der Waals surface area contributed by atoms with Crippen LogP contribution in [-0.2, 0) is 6.54 Å². The Bertz CT molecular complexity index is 331. The molecule has 11 heavy (non-hydrogen) atoms. The predicted octanol–water partition coefficient (Wildman–Crippen LogP) is 2.68. The van der Waals surface area contributed by atoms with Gasteiger partial charge < -0.3 is 0 Å². The van der Waals surface area contributed by atoms with E-state index in [1.54, 1.807) is 11.3 Å². The van der Waals surface area contributed by atoms with Gasteiger partial charge in [-0.1, -0.05) is 18.2 Å². The third-order valence-corrected chi connectivity index (χ3v) is 2.77. The van der Waals surface area contributed by atoms with Crippen molar-refractivity contribution in [2.24, 2.45) is 0 Å². The average molecular weight is 162 g/mol. The van der Waals surface area contributed by atoms with Crippen LogP contribution in [0, 0.1) is 0 Å². The molecule has 0 fully saturated rings. The van der Waals surface area contributed by atoms with E-state index in [0.29, 0.717) is 6.54 Å². The Morgan fingerprint density at radius 1 is 1.27 bits per heavy atom. The molecule has 0 unspecified atom stereocenters. The monoisotopic (exact) mass is 162 g/mol. The number of nitrogens with one attached hydrogen (secondary N) is 1. The van der Waals surface area contributed by atoms with E-state index in [9.17, 15) is 0 Å². The zero-order chi connectivity index (χ0) is 7.68. The summed E-state index contributed by atoms with van der Waals surface area (Å²) in [7, 11) is 0. The summed E-state index contributed by atoms with van der Waals surface area (Å²) < 4.78 is 1.29. The Morgan fingerprint density at radius 2 is 2.09 bits per heavy atom. The molecule has 0 atom stereocenters. The predicted molar refractivity (Wildman–Crippen MR) is 48.6 cm³/mol. The Kier molecular flexibility index (Phi) is 1.64. The lowest BCUT2D eigenvalue weighted by atomic mass is 10.2. The molecule has 0 saturated heterocycles. The van der Waals surface area contributed by atoms with Crippen LogP contribution in [0.3, 0.4) is 0 Å². The van der Waals surface area contributed by atoms with Crippen molar-refractivity contribution in [2.45, 2.75) is 6.54 Å². The van der Waals surface area contributed by atoms with Gasteiger partial charge in [0, 0.05) is 16.1 Å². The lowest BCUT2D eigenvalue weighted by Crippen LogP contribution is -1.73. The van der Waals surface area contributed by atoms with E-state index >= 15 is 0 Å². The summed E-state index contributed by atoms with van der Waals surface area (Å²) in [5.74, 6) is 0. The molecule has 0 aliphatic heterocycles. The smallest absolute Gasteiger partial charge is 0.0445 e. The molecule has 0 spiro atoms. The van der Waals surface area contributed by atoms with Crippen LogP contribution in [0.5, 0.6) is 0 Å². The highest BCUT2D eigenvalue weighted by Crippen LogP contribution is 2.24. The zero-order valence-electron chi connectivity index (χ0n) is 6.00. The summed E-state index contributed by atoms with van der Waals surface area (Å²) in [6.45, 7) is 0.402. The molecule has 2 aromatic rings. The summed E-state index contributed by atoms with van der Waals surface area (Å²) in [6, 6.07) is 10.3. The number of benzene rings is 1. The third kappa shape index (κ3) is 1.15. The van der Waals surface area contributed by atoms with Crippen molar-refractivity contribution in [2.75, 3.05) is 0 Å². The summed E-state index contributed by atoms with van der Waals surface area (Å²) in [5.41, 5.74) is 7.19. The van der Waals surface area contributed by atoms with Gasteiger partial charge in [-0.3, -0.25) is 5.73 Å². The van der Waals surface area contributed by atoms with Crippen molar-refractivity contribution in [3.8, 4) is 0 Å². The van der Waals surface area contributed by atoms with E-state index in [1.807, 2.05) is 12.1 Å². The quantitative estimate of drug-likeness (QED) is 0.615. The van der Waals surface area contributed by atoms with Crippen molar-refractivity contribution < 1.29 is 0 Å². The van der Waals surface area contributed by atoms with Crippen LogP contribution in [0.1, 0.15) is 4.88 Å². The third-order valence-electron chi connectivity index (χ3n) is 1.65. The second-order valence-corrected chi connectivity index (χ2v) is 3.60. The van der Waals surface area contributed by atoms with E-state index in [0.717, 1.165) is 4.88 Å². The van der Waals surface area contributed by atoms with E-state index in [4.69, 9.17) is 5.73 Å². The van der Waals surface area contributed by atoms with Crippen LogP contribution in [0.2, 0.25) is 0 Å². The molecule has 0 aliphatic rings. The van der Waals surface area contributed by atoms with Crippen LogP contribution < -0.4 is 5.73 Å². The first kappa shape index (κ1) is 6.83. The van der Waals surface area contributed by atoms with Crippen molar-refractivity contribution in [3.05, 3.63) is 35.2 Å². The molecule has 1 aromatic carbocycles. The van der Waals surface area contributed by atoms with Gasteiger partial charge in [0.2, 0.25) is 0 Å². The Balaban J connectivity index is 2.69. The van der Waals surface area contributed by atoms with E-state index in [1.165, 1.54) is 10.1 Å². The molecule has 0 bridgehead atoms. The maximum atomic E-state index is 7.19. The summed E-state index contributed by atoms with van der Waals surface area (Å²) in [5, 5.41) is 1.26. The fourth-order valence-corrected chi connectivity index (χ4v) is 2.06. The highest BCUT2D eigenvalue weighted by atomic mass is 32.1. The first-order chi connectivity index (χ1) is 5.40. The van der Waals surface area contributed by atoms with Gasteiger partial charge in [-0.25, -0.2) is 0 Å². The molecule has 1 radical (unpaired) electrons. The van der Waals surface area contributed by atoms with Crippen LogP contribution in [0.25, 0.3) is 10.1 Å². The van der Waals surface area contributed by atoms with Crippen LogP contribution in [-0.4, -0.2) is 0 Å². The minimum Gasteiger partial charge on any atom is -0.252 e. The molecular formula is C9H8NS. The summed E-state index contributed by atoms with van der Waals surface area (Å²) in [6.07, 6.45) is 0. The van der Waals surface area contributed by atoms with Crippen molar-refractivity contribution in [1.29, 1.82) is 0 Å². The Labute approximate surface area is 69.5 Å². The van der Waals surface area contributed by atoms with Gasteiger partial charge in [0.25, 0.3) is 0 Å². The second-order valence-electron chi connectivity index (χ2n) is 2.43. The molecule has 2 rings (SSSR count). The van der Waals surface area contributed by atoms with E-state index < -0.39 is 0 Å². The lowest BCUT2D eigenvalue weighted by molar-refractivity contribution is 1.06. The number of thiophene rings is 1. The SMILES string of the molecule is [NH]Cc1cc2ccccc2s1. The molecule has 1 heterocycles. The standard InChI is InChI=1S/C9H8NS/c10-6-8-5-7-3-1-2-4-9(7)11-8/h1-5,10H,6H2. The maximum absolute atomic E-state index is 7.19. The maximum Gasteiger partial charge on any atom is 0.0445 e. The molecule has 0 aliphatic carbocycles. The fraction of sp³-hybridized carbons (Fsp3) is 0.111. The minimum absolute atomic E-state index is 0.402. The topological polar surface area (TPSA) is 23.8 Å².